The van der Waals surface area contributed by atoms with Crippen molar-refractivity contribution in [1.29, 1.82) is 0 Å². The molecule has 1 unspecified atom stereocenters. The highest BCUT2D eigenvalue weighted by atomic mass is 16.4. The van der Waals surface area contributed by atoms with Crippen molar-refractivity contribution in [3.8, 4) is 0 Å². The minimum atomic E-state index is -1.25. The molecule has 4 aliphatic carbocycles. The molecule has 1 saturated heterocycles. The third kappa shape index (κ3) is 2.69. The van der Waals surface area contributed by atoms with Crippen molar-refractivity contribution in [2.45, 2.75) is 62.7 Å². The summed E-state index contributed by atoms with van der Waals surface area (Å²) in [6.45, 7) is 1.89. The van der Waals surface area contributed by atoms with Gasteiger partial charge in [0.15, 0.2) is 0 Å². The van der Waals surface area contributed by atoms with E-state index in [0.29, 0.717) is 25.2 Å². The zero-order chi connectivity index (χ0) is 21.5. The molecule has 0 aromatic carbocycles. The lowest BCUT2D eigenvalue weighted by atomic mass is 9.48. The number of piperidine rings is 1. The van der Waals surface area contributed by atoms with Gasteiger partial charge in [-0.15, -0.1) is 0 Å². The lowest BCUT2D eigenvalue weighted by molar-refractivity contribution is -0.173. The molecular weight excluding hydrogens is 396 g/mol. The van der Waals surface area contributed by atoms with Crippen molar-refractivity contribution in [1.82, 2.24) is 9.88 Å². The van der Waals surface area contributed by atoms with E-state index in [-0.39, 0.29) is 11.6 Å². The van der Waals surface area contributed by atoms with Gasteiger partial charge in [-0.1, -0.05) is 17.7 Å². The van der Waals surface area contributed by atoms with Crippen molar-refractivity contribution in [3.63, 3.8) is 0 Å². The maximum atomic E-state index is 12.4. The van der Waals surface area contributed by atoms with Crippen LogP contribution in [0.25, 0.3) is 0 Å². The van der Waals surface area contributed by atoms with Gasteiger partial charge in [0.2, 0.25) is 0 Å². The third-order valence-corrected chi connectivity index (χ3v) is 8.53. The van der Waals surface area contributed by atoms with Crippen molar-refractivity contribution in [2.75, 3.05) is 13.1 Å². The summed E-state index contributed by atoms with van der Waals surface area (Å²) in [6.07, 6.45) is 8.63. The number of rotatable bonds is 3. The predicted octanol–water partition coefficient (Wildman–Crippen LogP) is 1.39. The number of aliphatic hydroxyl groups excluding tert-OH is 1. The molecule has 7 heteroatoms. The van der Waals surface area contributed by atoms with Gasteiger partial charge in [-0.05, 0) is 61.8 Å². The maximum absolute atomic E-state index is 12.4. The van der Waals surface area contributed by atoms with Gasteiger partial charge in [-0.3, -0.25) is 9.69 Å². The number of nitrogens with one attached hydrogen (secondary N) is 1. The summed E-state index contributed by atoms with van der Waals surface area (Å²) in [5, 5.41) is 32.2. The van der Waals surface area contributed by atoms with Gasteiger partial charge < -0.3 is 20.3 Å². The number of aromatic carboxylic acids is 1. The molecule has 2 fully saturated rings. The maximum Gasteiger partial charge on any atom is 0.341 e. The van der Waals surface area contributed by atoms with Gasteiger partial charge in [-0.25, -0.2) is 4.79 Å². The van der Waals surface area contributed by atoms with Crippen LogP contribution in [-0.2, 0) is 12.8 Å². The van der Waals surface area contributed by atoms with Crippen LogP contribution in [0.15, 0.2) is 34.2 Å². The van der Waals surface area contributed by atoms with Gasteiger partial charge in [0.1, 0.15) is 5.56 Å². The molecule has 7 nitrogen and oxygen atoms in total. The highest BCUT2D eigenvalue weighted by molar-refractivity contribution is 5.87. The van der Waals surface area contributed by atoms with E-state index in [9.17, 15) is 24.9 Å². The standard InChI is InChI=1S/C24H28N2O5/c27-16-4-3-14-8-20-24(31)10-15-7-17(22(29)30)21(28)25-19(15)11-23(24,18(14)9-16)5-6-26(20)12-13-1-2-13/h3-4,7,13,16,20,27,31H,1-2,5-6,8-12H2,(H,25,28)(H,29,30)/t16?,20-,23-,24-/m1/s1. The molecule has 4 N–H and O–H groups in total. The highest BCUT2D eigenvalue weighted by Crippen LogP contribution is 2.61. The molecule has 164 valence electrons. The number of allylic oxidation sites excluding steroid dienone is 1. The van der Waals surface area contributed by atoms with Gasteiger partial charge in [0, 0.05) is 36.5 Å². The Kier molecular flexibility index (Phi) is 4.02. The number of carbonyl (C=O) groups is 1. The van der Waals surface area contributed by atoms with Gasteiger partial charge in [0.25, 0.3) is 5.56 Å². The monoisotopic (exact) mass is 424 g/mol. The Bertz CT molecular complexity index is 1100. The molecule has 1 aromatic heterocycles. The van der Waals surface area contributed by atoms with E-state index in [1.165, 1.54) is 24.5 Å². The van der Waals surface area contributed by atoms with Crippen molar-refractivity contribution < 1.29 is 20.1 Å². The number of pyridine rings is 1. The number of hydrogen-bond acceptors (Lipinski definition) is 5. The fourth-order valence-electron chi connectivity index (χ4n) is 6.84. The quantitative estimate of drug-likeness (QED) is 0.583. The van der Waals surface area contributed by atoms with E-state index in [4.69, 9.17) is 0 Å². The van der Waals surface area contributed by atoms with Crippen molar-refractivity contribution in [3.05, 3.63) is 56.5 Å². The molecule has 0 spiro atoms. The third-order valence-electron chi connectivity index (χ3n) is 8.53. The number of carboxylic acids is 1. The molecule has 1 saturated carbocycles. The molecule has 4 atom stereocenters. The Morgan fingerprint density at radius 3 is 2.81 bits per heavy atom. The van der Waals surface area contributed by atoms with Crippen LogP contribution in [0, 0.1) is 11.3 Å². The van der Waals surface area contributed by atoms with Crippen LogP contribution >= 0.6 is 0 Å². The molecule has 6 rings (SSSR count). The second-order valence-electron chi connectivity index (χ2n) is 10.2. The van der Waals surface area contributed by atoms with Gasteiger partial charge in [-0.2, -0.15) is 0 Å². The summed E-state index contributed by atoms with van der Waals surface area (Å²) in [6, 6.07) is 1.41. The minimum absolute atomic E-state index is 0.0474. The van der Waals surface area contributed by atoms with Crippen LogP contribution in [0.2, 0.25) is 0 Å². The second kappa shape index (κ2) is 6.40. The van der Waals surface area contributed by atoms with Crippen molar-refractivity contribution >= 4 is 5.97 Å². The first-order chi connectivity index (χ1) is 14.8. The molecule has 1 aromatic rings. The Morgan fingerprint density at radius 2 is 2.06 bits per heavy atom. The zero-order valence-corrected chi connectivity index (χ0v) is 17.4. The fraction of sp³-hybridized carbons (Fsp3) is 0.583. The Hall–Kier alpha value is -2.22. The zero-order valence-electron chi connectivity index (χ0n) is 17.4. The molecular formula is C24H28N2O5. The number of aromatic amines is 1. The summed E-state index contributed by atoms with van der Waals surface area (Å²) in [7, 11) is 0. The van der Waals surface area contributed by atoms with Gasteiger partial charge in [0.05, 0.1) is 11.7 Å². The van der Waals surface area contributed by atoms with Crippen LogP contribution in [0.3, 0.4) is 0 Å². The number of fused-ring (bicyclic) bond motifs is 1. The first kappa shape index (κ1) is 19.5. The SMILES string of the molecule is O=C(O)c1cc2c([nH]c1=O)C[C@]13CCN(CC4CC4)[C@H](CC4=C1CC(O)C=C4)[C@]3(O)C2. The molecule has 0 radical (unpaired) electrons. The van der Waals surface area contributed by atoms with Crippen LogP contribution in [-0.4, -0.2) is 62.0 Å². The number of likely N-dealkylation sites (tertiary alicyclic amines) is 1. The van der Waals surface area contributed by atoms with Crippen molar-refractivity contribution in [2.24, 2.45) is 11.3 Å². The fourth-order valence-corrected chi connectivity index (χ4v) is 6.84. The lowest BCUT2D eigenvalue weighted by Crippen LogP contribution is -2.72. The average molecular weight is 424 g/mol. The molecule has 31 heavy (non-hydrogen) atoms. The second-order valence-corrected chi connectivity index (χ2v) is 10.2. The van der Waals surface area contributed by atoms with E-state index in [1.807, 2.05) is 12.2 Å². The Balaban J connectivity index is 1.52. The lowest BCUT2D eigenvalue weighted by Gasteiger charge is -2.64. The summed E-state index contributed by atoms with van der Waals surface area (Å²) in [5.74, 6) is -0.540. The molecule has 0 amide bonds. The summed E-state index contributed by atoms with van der Waals surface area (Å²) in [4.78, 5) is 29.2. The number of carboxylic acid groups (broad SMARTS) is 1. The number of aliphatic hydroxyl groups is 2. The summed E-state index contributed by atoms with van der Waals surface area (Å²) in [5.41, 5.74) is 1.34. The topological polar surface area (TPSA) is 114 Å². The largest absolute Gasteiger partial charge is 0.477 e. The number of aromatic nitrogens is 1. The van der Waals surface area contributed by atoms with E-state index in [0.717, 1.165) is 42.8 Å². The summed E-state index contributed by atoms with van der Waals surface area (Å²) < 4.78 is 0. The molecule has 5 aliphatic rings. The van der Waals surface area contributed by atoms with E-state index >= 15 is 0 Å². The van der Waals surface area contributed by atoms with Crippen LogP contribution in [0.4, 0.5) is 0 Å². The number of nitrogens with zero attached hydrogens (tertiary/aromatic N) is 1. The first-order valence-electron chi connectivity index (χ1n) is 11.3. The highest BCUT2D eigenvalue weighted by Gasteiger charge is 2.65. The smallest absolute Gasteiger partial charge is 0.341 e. The summed E-state index contributed by atoms with van der Waals surface area (Å²) >= 11 is 0. The van der Waals surface area contributed by atoms with E-state index in [1.54, 1.807) is 0 Å². The molecule has 1 aliphatic heterocycles. The molecule has 2 heterocycles. The van der Waals surface area contributed by atoms with E-state index in [2.05, 4.69) is 9.88 Å². The van der Waals surface area contributed by atoms with E-state index < -0.39 is 28.6 Å². The first-order valence-corrected chi connectivity index (χ1v) is 11.3. The Labute approximate surface area is 180 Å². The van der Waals surface area contributed by atoms with Gasteiger partial charge >= 0.3 is 5.97 Å². The predicted molar refractivity (Wildman–Crippen MR) is 113 cm³/mol. The van der Waals surface area contributed by atoms with Crippen LogP contribution in [0.1, 0.15) is 53.7 Å². The average Bonchev–Trinajstić information content (AvgIpc) is 3.53. The minimum Gasteiger partial charge on any atom is -0.477 e. The Morgan fingerprint density at radius 1 is 1.26 bits per heavy atom. The van der Waals surface area contributed by atoms with Crippen LogP contribution in [0.5, 0.6) is 0 Å². The number of H-pyrrole nitrogens is 1. The normalized spacial score (nSPS) is 36.6. The number of hydrogen-bond donors (Lipinski definition) is 4. The molecule has 2 bridgehead atoms. The van der Waals surface area contributed by atoms with Crippen LogP contribution < -0.4 is 5.56 Å².